The second-order valence-electron chi connectivity index (χ2n) is 4.94. The molecule has 3 heteroatoms. The van der Waals surface area contributed by atoms with Crippen LogP contribution in [0, 0.1) is 16.7 Å². The van der Waals surface area contributed by atoms with E-state index in [1.807, 2.05) is 0 Å². The Kier molecular flexibility index (Phi) is 3.61. The molecule has 0 radical (unpaired) electrons. The molecule has 84 valence electrons. The van der Waals surface area contributed by atoms with Gasteiger partial charge in [0.1, 0.15) is 0 Å². The summed E-state index contributed by atoms with van der Waals surface area (Å²) < 4.78 is 5.56. The zero-order valence-electron chi connectivity index (χ0n) is 9.30. The van der Waals surface area contributed by atoms with Crippen LogP contribution in [0.25, 0.3) is 0 Å². The monoisotopic (exact) mass is 208 g/mol. The summed E-state index contributed by atoms with van der Waals surface area (Å²) in [6.45, 7) is 3.01. The van der Waals surface area contributed by atoms with Crippen LogP contribution in [0.4, 0.5) is 0 Å². The summed E-state index contributed by atoms with van der Waals surface area (Å²) in [5, 5.41) is 12.1. The molecule has 1 saturated carbocycles. The van der Waals surface area contributed by atoms with Gasteiger partial charge in [-0.05, 0) is 44.1 Å². The zero-order chi connectivity index (χ0) is 10.6. The fraction of sp³-hybridized carbons (Fsp3) is 0.917. The number of nitrogens with zero attached hydrogens (tertiary/aromatic N) is 1. The Morgan fingerprint density at radius 2 is 2.33 bits per heavy atom. The molecule has 1 atom stereocenters. The molecule has 2 aliphatic rings. The molecule has 0 spiro atoms. The van der Waals surface area contributed by atoms with Crippen LogP contribution in [-0.2, 0) is 4.74 Å². The van der Waals surface area contributed by atoms with Crippen molar-refractivity contribution in [2.75, 3.05) is 19.7 Å². The fourth-order valence-corrected chi connectivity index (χ4v) is 2.25. The van der Waals surface area contributed by atoms with Crippen molar-refractivity contribution in [3.05, 3.63) is 0 Å². The highest BCUT2D eigenvalue weighted by Crippen LogP contribution is 2.47. The summed E-state index contributed by atoms with van der Waals surface area (Å²) in [6, 6.07) is 2.29. The molecule has 3 nitrogen and oxygen atoms in total. The lowest BCUT2D eigenvalue weighted by Crippen LogP contribution is -2.27. The van der Waals surface area contributed by atoms with Crippen LogP contribution in [0.2, 0.25) is 0 Å². The van der Waals surface area contributed by atoms with E-state index in [-0.39, 0.29) is 0 Å². The highest BCUT2D eigenvalue weighted by molar-refractivity contribution is 5.00. The Morgan fingerprint density at radius 3 is 2.93 bits per heavy atom. The Balaban J connectivity index is 1.53. The van der Waals surface area contributed by atoms with Crippen LogP contribution in [0.1, 0.15) is 38.5 Å². The number of ether oxygens (including phenoxy) is 1. The molecule has 1 heterocycles. The lowest BCUT2D eigenvalue weighted by Gasteiger charge is -2.14. The smallest absolute Gasteiger partial charge is 0.0628 e. The van der Waals surface area contributed by atoms with Gasteiger partial charge in [-0.15, -0.1) is 0 Å². The molecule has 2 fully saturated rings. The maximum Gasteiger partial charge on any atom is 0.0628 e. The van der Waals surface area contributed by atoms with Gasteiger partial charge < -0.3 is 10.1 Å². The SMILES string of the molecule is N#CCC1(CNCCC2CCCO2)CC1. The summed E-state index contributed by atoms with van der Waals surface area (Å²) in [7, 11) is 0. The zero-order valence-corrected chi connectivity index (χ0v) is 9.30. The van der Waals surface area contributed by atoms with E-state index in [9.17, 15) is 0 Å². The van der Waals surface area contributed by atoms with E-state index in [0.717, 1.165) is 32.5 Å². The molecule has 0 amide bonds. The molecule has 2 rings (SSSR count). The number of hydrogen-bond acceptors (Lipinski definition) is 3. The molecule has 0 aromatic heterocycles. The van der Waals surface area contributed by atoms with E-state index in [0.29, 0.717) is 11.5 Å². The van der Waals surface area contributed by atoms with Gasteiger partial charge in [0.05, 0.1) is 12.2 Å². The van der Waals surface area contributed by atoms with Gasteiger partial charge in [-0.25, -0.2) is 0 Å². The molecule has 1 aliphatic heterocycles. The van der Waals surface area contributed by atoms with Gasteiger partial charge in [-0.2, -0.15) is 5.26 Å². The third kappa shape index (κ3) is 3.19. The second kappa shape index (κ2) is 4.96. The fourth-order valence-electron chi connectivity index (χ4n) is 2.25. The summed E-state index contributed by atoms with van der Waals surface area (Å²) in [4.78, 5) is 0. The second-order valence-corrected chi connectivity index (χ2v) is 4.94. The first-order chi connectivity index (χ1) is 7.35. The largest absolute Gasteiger partial charge is 0.378 e. The van der Waals surface area contributed by atoms with Crippen molar-refractivity contribution in [2.24, 2.45) is 5.41 Å². The molecule has 1 unspecified atom stereocenters. The van der Waals surface area contributed by atoms with Crippen LogP contribution in [0.15, 0.2) is 0 Å². The number of nitrogens with one attached hydrogen (secondary N) is 1. The van der Waals surface area contributed by atoms with E-state index >= 15 is 0 Å². The average Bonchev–Trinajstić information content (AvgIpc) is 2.80. The lowest BCUT2D eigenvalue weighted by molar-refractivity contribution is 0.104. The summed E-state index contributed by atoms with van der Waals surface area (Å²) >= 11 is 0. The van der Waals surface area contributed by atoms with E-state index in [4.69, 9.17) is 10.00 Å². The third-order valence-corrected chi connectivity index (χ3v) is 3.58. The Morgan fingerprint density at radius 1 is 1.47 bits per heavy atom. The number of hydrogen-bond donors (Lipinski definition) is 1. The summed E-state index contributed by atoms with van der Waals surface area (Å²) in [5.41, 5.74) is 0.339. The predicted octanol–water partition coefficient (Wildman–Crippen LogP) is 1.84. The lowest BCUT2D eigenvalue weighted by atomic mass is 10.0. The van der Waals surface area contributed by atoms with Crippen molar-refractivity contribution < 1.29 is 4.74 Å². The molecule has 1 aliphatic carbocycles. The molecule has 0 aromatic rings. The van der Waals surface area contributed by atoms with Gasteiger partial charge in [0, 0.05) is 19.6 Å². The van der Waals surface area contributed by atoms with Crippen molar-refractivity contribution in [1.29, 1.82) is 5.26 Å². The quantitative estimate of drug-likeness (QED) is 0.677. The predicted molar refractivity (Wildman–Crippen MR) is 58.4 cm³/mol. The minimum absolute atomic E-state index is 0.339. The maximum absolute atomic E-state index is 8.67. The van der Waals surface area contributed by atoms with Gasteiger partial charge >= 0.3 is 0 Å². The Labute approximate surface area is 91.8 Å². The molecule has 1 N–H and O–H groups in total. The Bertz CT molecular complexity index is 236. The average molecular weight is 208 g/mol. The highest BCUT2D eigenvalue weighted by Gasteiger charge is 2.41. The van der Waals surface area contributed by atoms with Crippen molar-refractivity contribution >= 4 is 0 Å². The first kappa shape index (κ1) is 10.9. The van der Waals surface area contributed by atoms with Crippen LogP contribution < -0.4 is 5.32 Å². The summed E-state index contributed by atoms with van der Waals surface area (Å²) in [6.07, 6.45) is 7.25. The van der Waals surface area contributed by atoms with Gasteiger partial charge in [-0.1, -0.05) is 0 Å². The topological polar surface area (TPSA) is 45.0 Å². The molecular weight excluding hydrogens is 188 g/mol. The molecular formula is C12H20N2O. The summed E-state index contributed by atoms with van der Waals surface area (Å²) in [5.74, 6) is 0. The van der Waals surface area contributed by atoms with Crippen LogP contribution >= 0.6 is 0 Å². The van der Waals surface area contributed by atoms with E-state index in [1.165, 1.54) is 25.7 Å². The van der Waals surface area contributed by atoms with Gasteiger partial charge in [-0.3, -0.25) is 0 Å². The van der Waals surface area contributed by atoms with Crippen LogP contribution in [-0.4, -0.2) is 25.8 Å². The van der Waals surface area contributed by atoms with Gasteiger partial charge in [0.25, 0.3) is 0 Å². The van der Waals surface area contributed by atoms with Crippen molar-refractivity contribution in [3.8, 4) is 6.07 Å². The minimum atomic E-state index is 0.339. The van der Waals surface area contributed by atoms with Crippen molar-refractivity contribution in [2.45, 2.75) is 44.6 Å². The molecule has 15 heavy (non-hydrogen) atoms. The maximum atomic E-state index is 8.67. The first-order valence-corrected chi connectivity index (χ1v) is 6.04. The number of nitriles is 1. The van der Waals surface area contributed by atoms with Gasteiger partial charge in [0.15, 0.2) is 0 Å². The molecule has 0 aromatic carbocycles. The van der Waals surface area contributed by atoms with Gasteiger partial charge in [0.2, 0.25) is 0 Å². The normalized spacial score (nSPS) is 27.5. The third-order valence-electron chi connectivity index (χ3n) is 3.58. The first-order valence-electron chi connectivity index (χ1n) is 6.04. The van der Waals surface area contributed by atoms with E-state index in [2.05, 4.69) is 11.4 Å². The van der Waals surface area contributed by atoms with Crippen LogP contribution in [0.5, 0.6) is 0 Å². The molecule has 1 saturated heterocycles. The Hall–Kier alpha value is -0.590. The van der Waals surface area contributed by atoms with Crippen LogP contribution in [0.3, 0.4) is 0 Å². The standard InChI is InChI=1S/C12H20N2O/c13-7-6-12(4-5-12)10-14-8-3-11-2-1-9-15-11/h11,14H,1-6,8-10H2. The minimum Gasteiger partial charge on any atom is -0.378 e. The van der Waals surface area contributed by atoms with E-state index < -0.39 is 0 Å². The van der Waals surface area contributed by atoms with Crippen molar-refractivity contribution in [3.63, 3.8) is 0 Å². The van der Waals surface area contributed by atoms with Crippen molar-refractivity contribution in [1.82, 2.24) is 5.32 Å². The molecule has 0 bridgehead atoms. The highest BCUT2D eigenvalue weighted by atomic mass is 16.5. The number of rotatable bonds is 6. The van der Waals surface area contributed by atoms with E-state index in [1.54, 1.807) is 0 Å².